The van der Waals surface area contributed by atoms with Crippen LogP contribution in [0.25, 0.3) is 0 Å². The Morgan fingerprint density at radius 1 is 1.31 bits per heavy atom. The molecule has 3 nitrogen and oxygen atoms in total. The van der Waals surface area contributed by atoms with Crippen molar-refractivity contribution in [3.63, 3.8) is 0 Å². The predicted octanol–water partition coefficient (Wildman–Crippen LogP) is 1.31. The summed E-state index contributed by atoms with van der Waals surface area (Å²) < 4.78 is 22.8. The second kappa shape index (κ2) is 4.55. The molecule has 0 amide bonds. The van der Waals surface area contributed by atoms with E-state index < -0.39 is 9.84 Å². The van der Waals surface area contributed by atoms with Crippen LogP contribution in [0.15, 0.2) is 30.3 Å². The maximum absolute atomic E-state index is 11.4. The zero-order chi connectivity index (χ0) is 11.6. The molecule has 2 rings (SSSR count). The molecule has 1 fully saturated rings. The van der Waals surface area contributed by atoms with Gasteiger partial charge in [-0.05, 0) is 18.5 Å². The van der Waals surface area contributed by atoms with Gasteiger partial charge in [-0.2, -0.15) is 0 Å². The Morgan fingerprint density at radius 3 is 2.56 bits per heavy atom. The van der Waals surface area contributed by atoms with Crippen LogP contribution in [-0.2, 0) is 16.4 Å². The molecule has 1 aromatic carbocycles. The lowest BCUT2D eigenvalue weighted by atomic mass is 10.2. The zero-order valence-electron chi connectivity index (χ0n) is 9.46. The van der Waals surface area contributed by atoms with Crippen molar-refractivity contribution >= 4 is 9.84 Å². The van der Waals surface area contributed by atoms with Crippen molar-refractivity contribution in [3.8, 4) is 0 Å². The summed E-state index contributed by atoms with van der Waals surface area (Å²) in [6, 6.07) is 10.2. The molecule has 0 N–H and O–H groups in total. The van der Waals surface area contributed by atoms with Crippen LogP contribution < -0.4 is 0 Å². The summed E-state index contributed by atoms with van der Waals surface area (Å²) in [5.41, 5.74) is 1.25. The quantitative estimate of drug-likeness (QED) is 0.798. The summed E-state index contributed by atoms with van der Waals surface area (Å²) >= 11 is 0. The molecule has 0 radical (unpaired) electrons. The lowest BCUT2D eigenvalue weighted by molar-refractivity contribution is 0.331. The smallest absolute Gasteiger partial charge is 0.151 e. The Labute approximate surface area is 97.0 Å². The number of rotatable bonds is 3. The second-order valence-electron chi connectivity index (χ2n) is 4.46. The standard InChI is InChI=1S/C12H17NO2S/c1-16(14,15)12-7-8-13(10-12)9-11-5-3-2-4-6-11/h2-6,12H,7-10H2,1H3. The summed E-state index contributed by atoms with van der Waals surface area (Å²) in [5.74, 6) is 0. The second-order valence-corrected chi connectivity index (χ2v) is 6.79. The molecule has 16 heavy (non-hydrogen) atoms. The summed E-state index contributed by atoms with van der Waals surface area (Å²) in [7, 11) is -2.87. The first-order chi connectivity index (χ1) is 7.55. The van der Waals surface area contributed by atoms with E-state index >= 15 is 0 Å². The third-order valence-electron chi connectivity index (χ3n) is 3.08. The molecular formula is C12H17NO2S. The lowest BCUT2D eigenvalue weighted by Gasteiger charge is -2.15. The topological polar surface area (TPSA) is 37.4 Å². The average Bonchev–Trinajstić information content (AvgIpc) is 2.67. The first-order valence-electron chi connectivity index (χ1n) is 5.51. The Kier molecular flexibility index (Phi) is 3.30. The van der Waals surface area contributed by atoms with Gasteiger partial charge in [-0.3, -0.25) is 4.90 Å². The fourth-order valence-corrected chi connectivity index (χ4v) is 3.15. The fraction of sp³-hybridized carbons (Fsp3) is 0.500. The van der Waals surface area contributed by atoms with E-state index in [1.54, 1.807) is 0 Å². The van der Waals surface area contributed by atoms with Crippen LogP contribution in [0.2, 0.25) is 0 Å². The minimum atomic E-state index is -2.87. The van der Waals surface area contributed by atoms with Gasteiger partial charge in [0, 0.05) is 19.3 Å². The largest absolute Gasteiger partial charge is 0.298 e. The lowest BCUT2D eigenvalue weighted by Crippen LogP contribution is -2.26. The van der Waals surface area contributed by atoms with E-state index in [4.69, 9.17) is 0 Å². The number of hydrogen-bond acceptors (Lipinski definition) is 3. The van der Waals surface area contributed by atoms with E-state index in [-0.39, 0.29) is 5.25 Å². The highest BCUT2D eigenvalue weighted by Gasteiger charge is 2.29. The Balaban J connectivity index is 1.96. The van der Waals surface area contributed by atoms with Gasteiger partial charge in [0.05, 0.1) is 5.25 Å². The number of hydrogen-bond donors (Lipinski definition) is 0. The normalized spacial score (nSPS) is 22.4. The Hall–Kier alpha value is -0.870. The van der Waals surface area contributed by atoms with Crippen molar-refractivity contribution < 1.29 is 8.42 Å². The van der Waals surface area contributed by atoms with Crippen LogP contribution >= 0.6 is 0 Å². The Morgan fingerprint density at radius 2 is 2.00 bits per heavy atom. The van der Waals surface area contributed by atoms with Crippen molar-refractivity contribution in [2.45, 2.75) is 18.2 Å². The van der Waals surface area contributed by atoms with E-state index in [0.717, 1.165) is 19.5 Å². The first kappa shape index (κ1) is 11.6. The van der Waals surface area contributed by atoms with Crippen LogP contribution in [0.4, 0.5) is 0 Å². The Bertz CT molecular complexity index is 441. The minimum absolute atomic E-state index is 0.170. The van der Waals surface area contributed by atoms with Gasteiger partial charge in [-0.1, -0.05) is 30.3 Å². The van der Waals surface area contributed by atoms with E-state index in [1.807, 2.05) is 18.2 Å². The molecule has 4 heteroatoms. The van der Waals surface area contributed by atoms with Crippen molar-refractivity contribution in [1.82, 2.24) is 4.90 Å². The summed E-state index contributed by atoms with van der Waals surface area (Å²) in [4.78, 5) is 2.21. The van der Waals surface area contributed by atoms with E-state index in [2.05, 4.69) is 17.0 Å². The van der Waals surface area contributed by atoms with Gasteiger partial charge in [-0.15, -0.1) is 0 Å². The molecule has 1 heterocycles. The first-order valence-corrected chi connectivity index (χ1v) is 7.46. The van der Waals surface area contributed by atoms with Crippen LogP contribution in [0.3, 0.4) is 0 Å². The molecule has 1 saturated heterocycles. The monoisotopic (exact) mass is 239 g/mol. The van der Waals surface area contributed by atoms with E-state index in [0.29, 0.717) is 6.54 Å². The van der Waals surface area contributed by atoms with Gasteiger partial charge in [0.2, 0.25) is 0 Å². The van der Waals surface area contributed by atoms with E-state index in [1.165, 1.54) is 11.8 Å². The summed E-state index contributed by atoms with van der Waals surface area (Å²) in [6.45, 7) is 2.41. The molecule has 88 valence electrons. The van der Waals surface area contributed by atoms with Gasteiger partial charge in [0.15, 0.2) is 9.84 Å². The molecule has 1 atom stereocenters. The highest BCUT2D eigenvalue weighted by molar-refractivity contribution is 7.91. The average molecular weight is 239 g/mol. The van der Waals surface area contributed by atoms with E-state index in [9.17, 15) is 8.42 Å². The van der Waals surface area contributed by atoms with Crippen molar-refractivity contribution in [3.05, 3.63) is 35.9 Å². The van der Waals surface area contributed by atoms with Crippen LogP contribution in [0.5, 0.6) is 0 Å². The van der Waals surface area contributed by atoms with Gasteiger partial charge in [0.25, 0.3) is 0 Å². The van der Waals surface area contributed by atoms with Gasteiger partial charge < -0.3 is 0 Å². The van der Waals surface area contributed by atoms with Gasteiger partial charge >= 0.3 is 0 Å². The SMILES string of the molecule is CS(=O)(=O)C1CCN(Cc2ccccc2)C1. The molecule has 0 bridgehead atoms. The molecule has 1 unspecified atom stereocenters. The van der Waals surface area contributed by atoms with Crippen LogP contribution in [0, 0.1) is 0 Å². The van der Waals surface area contributed by atoms with Crippen molar-refractivity contribution in [2.75, 3.05) is 19.3 Å². The fourth-order valence-electron chi connectivity index (χ4n) is 2.13. The van der Waals surface area contributed by atoms with Gasteiger partial charge in [-0.25, -0.2) is 8.42 Å². The van der Waals surface area contributed by atoms with Crippen molar-refractivity contribution in [2.24, 2.45) is 0 Å². The molecule has 0 saturated carbocycles. The van der Waals surface area contributed by atoms with Crippen molar-refractivity contribution in [1.29, 1.82) is 0 Å². The summed E-state index contributed by atoms with van der Waals surface area (Å²) in [6.07, 6.45) is 2.11. The summed E-state index contributed by atoms with van der Waals surface area (Å²) in [5, 5.41) is -0.170. The minimum Gasteiger partial charge on any atom is -0.298 e. The third-order valence-corrected chi connectivity index (χ3v) is 4.68. The van der Waals surface area contributed by atoms with Gasteiger partial charge in [0.1, 0.15) is 0 Å². The molecule has 0 spiro atoms. The number of nitrogens with zero attached hydrogens (tertiary/aromatic N) is 1. The number of sulfone groups is 1. The molecular weight excluding hydrogens is 222 g/mol. The highest BCUT2D eigenvalue weighted by atomic mass is 32.2. The molecule has 0 aromatic heterocycles. The number of likely N-dealkylation sites (tertiary alicyclic amines) is 1. The third kappa shape index (κ3) is 2.83. The molecule has 1 aromatic rings. The maximum atomic E-state index is 11.4. The maximum Gasteiger partial charge on any atom is 0.151 e. The molecule has 1 aliphatic rings. The predicted molar refractivity (Wildman–Crippen MR) is 65.0 cm³/mol. The molecule has 0 aliphatic carbocycles. The molecule has 1 aliphatic heterocycles. The number of benzene rings is 1. The highest BCUT2D eigenvalue weighted by Crippen LogP contribution is 2.18. The van der Waals surface area contributed by atoms with Crippen LogP contribution in [0.1, 0.15) is 12.0 Å². The van der Waals surface area contributed by atoms with Crippen LogP contribution in [-0.4, -0.2) is 37.9 Å². The zero-order valence-corrected chi connectivity index (χ0v) is 10.3.